The maximum Gasteiger partial charge on any atom is 0.243 e. The van der Waals surface area contributed by atoms with Gasteiger partial charge in [-0.2, -0.15) is 4.31 Å². The number of hydrogen-bond acceptors (Lipinski definition) is 3. The number of nitrogens with zero attached hydrogens (tertiary/aromatic N) is 1. The van der Waals surface area contributed by atoms with Crippen molar-refractivity contribution in [3.63, 3.8) is 0 Å². The van der Waals surface area contributed by atoms with E-state index in [1.807, 2.05) is 57.2 Å². The molecule has 1 N–H and O–H groups in total. The van der Waals surface area contributed by atoms with Crippen LogP contribution in [0.2, 0.25) is 0 Å². The van der Waals surface area contributed by atoms with Crippen LogP contribution in [-0.4, -0.2) is 25.3 Å². The van der Waals surface area contributed by atoms with Crippen LogP contribution in [0.25, 0.3) is 0 Å². The summed E-state index contributed by atoms with van der Waals surface area (Å²) in [6, 6.07) is 14.9. The summed E-state index contributed by atoms with van der Waals surface area (Å²) in [5.74, 6) is 0. The maximum atomic E-state index is 13.2. The quantitative estimate of drug-likeness (QED) is 0.847. The Morgan fingerprint density at radius 1 is 1.12 bits per heavy atom. The summed E-state index contributed by atoms with van der Waals surface area (Å²) in [6.07, 6.45) is 2.08. The van der Waals surface area contributed by atoms with Gasteiger partial charge in [0.25, 0.3) is 0 Å². The lowest BCUT2D eigenvalue weighted by Crippen LogP contribution is -2.37. The van der Waals surface area contributed by atoms with E-state index in [-0.39, 0.29) is 6.04 Å². The summed E-state index contributed by atoms with van der Waals surface area (Å²) < 4.78 is 27.9. The molecule has 0 saturated carbocycles. The maximum absolute atomic E-state index is 13.2. The molecule has 1 heterocycles. The van der Waals surface area contributed by atoms with Crippen LogP contribution >= 0.6 is 0 Å². The average Bonchev–Trinajstić information content (AvgIpc) is 2.74. The van der Waals surface area contributed by atoms with Crippen LogP contribution < -0.4 is 5.32 Å². The molecule has 1 aliphatic rings. The van der Waals surface area contributed by atoms with E-state index in [1.54, 1.807) is 16.4 Å². The highest BCUT2D eigenvalue weighted by Gasteiger charge is 2.29. The first-order valence-corrected chi connectivity index (χ1v) is 9.86. The van der Waals surface area contributed by atoms with Gasteiger partial charge >= 0.3 is 0 Å². The minimum atomic E-state index is -3.55. The third-order valence-electron chi connectivity index (χ3n) is 4.30. The van der Waals surface area contributed by atoms with Crippen molar-refractivity contribution in [2.24, 2.45) is 0 Å². The Kier molecular flexibility index (Phi) is 4.97. The molecule has 1 unspecified atom stereocenters. The van der Waals surface area contributed by atoms with Gasteiger partial charge in [0.1, 0.15) is 0 Å². The van der Waals surface area contributed by atoms with Crippen molar-refractivity contribution >= 4 is 15.7 Å². The summed E-state index contributed by atoms with van der Waals surface area (Å²) in [7, 11) is -3.55. The van der Waals surface area contributed by atoms with E-state index in [0.717, 1.165) is 22.4 Å². The van der Waals surface area contributed by atoms with Gasteiger partial charge in [-0.05, 0) is 44.5 Å². The standard InChI is InChI=1S/C20H24N2O2S/c1-15(2)12-18-14-22(13-17-6-4-5-7-20(17)21-18)25(23,24)19-10-8-16(3)9-11-19/h4-12,18,21H,13-14H2,1-3H3. The second-order valence-corrected chi connectivity index (χ2v) is 8.70. The van der Waals surface area contributed by atoms with Crippen molar-refractivity contribution in [3.8, 4) is 0 Å². The molecule has 4 nitrogen and oxygen atoms in total. The number of nitrogens with one attached hydrogen (secondary N) is 1. The molecule has 0 fully saturated rings. The van der Waals surface area contributed by atoms with E-state index in [0.29, 0.717) is 18.0 Å². The minimum Gasteiger partial charge on any atom is -0.377 e. The first kappa shape index (κ1) is 17.7. The molecular weight excluding hydrogens is 332 g/mol. The average molecular weight is 356 g/mol. The van der Waals surface area contributed by atoms with E-state index >= 15 is 0 Å². The second kappa shape index (κ2) is 7.02. The number of benzene rings is 2. The molecule has 132 valence electrons. The third-order valence-corrected chi connectivity index (χ3v) is 6.12. The van der Waals surface area contributed by atoms with Gasteiger partial charge in [-0.25, -0.2) is 8.42 Å². The largest absolute Gasteiger partial charge is 0.377 e. The number of fused-ring (bicyclic) bond motifs is 1. The van der Waals surface area contributed by atoms with Crippen molar-refractivity contribution in [3.05, 3.63) is 71.3 Å². The highest BCUT2D eigenvalue weighted by Crippen LogP contribution is 2.27. The second-order valence-electron chi connectivity index (χ2n) is 6.76. The van der Waals surface area contributed by atoms with Crippen molar-refractivity contribution in [2.75, 3.05) is 11.9 Å². The SMILES string of the molecule is CC(C)=CC1CN(S(=O)(=O)c2ccc(C)cc2)Cc2ccccc2N1. The molecule has 3 rings (SSSR count). The van der Waals surface area contributed by atoms with E-state index in [1.165, 1.54) is 0 Å². The lowest BCUT2D eigenvalue weighted by Gasteiger charge is -2.23. The molecular formula is C20H24N2O2S. The Morgan fingerprint density at radius 2 is 1.80 bits per heavy atom. The first-order valence-electron chi connectivity index (χ1n) is 8.42. The van der Waals surface area contributed by atoms with Gasteiger partial charge in [0.15, 0.2) is 0 Å². The van der Waals surface area contributed by atoms with Gasteiger partial charge in [0.05, 0.1) is 10.9 Å². The zero-order valence-electron chi connectivity index (χ0n) is 14.9. The molecule has 0 aromatic heterocycles. The normalized spacial score (nSPS) is 18.0. The number of para-hydroxylation sites is 1. The van der Waals surface area contributed by atoms with E-state index < -0.39 is 10.0 Å². The van der Waals surface area contributed by atoms with Gasteiger partial charge in [0, 0.05) is 18.8 Å². The van der Waals surface area contributed by atoms with Crippen molar-refractivity contribution < 1.29 is 8.42 Å². The van der Waals surface area contributed by atoms with Crippen LogP contribution in [0.4, 0.5) is 5.69 Å². The minimum absolute atomic E-state index is 0.0612. The highest BCUT2D eigenvalue weighted by atomic mass is 32.2. The highest BCUT2D eigenvalue weighted by molar-refractivity contribution is 7.89. The molecule has 2 aromatic carbocycles. The van der Waals surface area contributed by atoms with E-state index in [2.05, 4.69) is 11.4 Å². The molecule has 2 aromatic rings. The number of rotatable bonds is 3. The molecule has 0 aliphatic carbocycles. The zero-order chi connectivity index (χ0) is 18.0. The van der Waals surface area contributed by atoms with Crippen LogP contribution in [0.1, 0.15) is 25.0 Å². The number of sulfonamides is 1. The summed E-state index contributed by atoms with van der Waals surface area (Å²) in [5.41, 5.74) is 4.18. The molecule has 0 radical (unpaired) electrons. The van der Waals surface area contributed by atoms with Crippen LogP contribution in [-0.2, 0) is 16.6 Å². The number of allylic oxidation sites excluding steroid dienone is 1. The van der Waals surface area contributed by atoms with Crippen LogP contribution in [0.3, 0.4) is 0 Å². The zero-order valence-corrected chi connectivity index (χ0v) is 15.7. The van der Waals surface area contributed by atoms with Crippen LogP contribution in [0.15, 0.2) is 65.1 Å². The molecule has 0 amide bonds. The molecule has 5 heteroatoms. The Balaban J connectivity index is 2.02. The van der Waals surface area contributed by atoms with Crippen molar-refractivity contribution in [1.29, 1.82) is 0 Å². The lowest BCUT2D eigenvalue weighted by atomic mass is 10.1. The lowest BCUT2D eigenvalue weighted by molar-refractivity contribution is 0.408. The summed E-state index contributed by atoms with van der Waals surface area (Å²) in [6.45, 7) is 6.77. The predicted octanol–water partition coefficient (Wildman–Crippen LogP) is 3.95. The number of anilines is 1. The van der Waals surface area contributed by atoms with E-state index in [4.69, 9.17) is 0 Å². The molecule has 0 saturated heterocycles. The van der Waals surface area contributed by atoms with Crippen molar-refractivity contribution in [2.45, 2.75) is 38.3 Å². The first-order chi connectivity index (χ1) is 11.9. The third kappa shape index (κ3) is 3.94. The molecule has 1 atom stereocenters. The van der Waals surface area contributed by atoms with Gasteiger partial charge in [0.2, 0.25) is 10.0 Å². The van der Waals surface area contributed by atoms with Gasteiger partial charge in [-0.1, -0.05) is 47.5 Å². The van der Waals surface area contributed by atoms with E-state index in [9.17, 15) is 8.42 Å². The number of hydrogen-bond donors (Lipinski definition) is 1. The van der Waals surface area contributed by atoms with Crippen molar-refractivity contribution in [1.82, 2.24) is 4.31 Å². The van der Waals surface area contributed by atoms with Gasteiger partial charge in [-0.15, -0.1) is 0 Å². The molecule has 0 spiro atoms. The van der Waals surface area contributed by atoms with Gasteiger partial charge in [-0.3, -0.25) is 0 Å². The summed E-state index contributed by atoms with van der Waals surface area (Å²) in [5, 5.41) is 3.47. The van der Waals surface area contributed by atoms with Crippen LogP contribution in [0, 0.1) is 6.92 Å². The summed E-state index contributed by atoms with van der Waals surface area (Å²) in [4.78, 5) is 0.341. The smallest absolute Gasteiger partial charge is 0.243 e. The predicted molar refractivity (Wildman–Crippen MR) is 102 cm³/mol. The number of aryl methyl sites for hydroxylation is 1. The topological polar surface area (TPSA) is 49.4 Å². The Morgan fingerprint density at radius 3 is 2.48 bits per heavy atom. The Labute approximate surface area is 150 Å². The molecule has 0 bridgehead atoms. The fraction of sp³-hybridized carbons (Fsp3) is 0.300. The fourth-order valence-electron chi connectivity index (χ4n) is 3.06. The fourth-order valence-corrected chi connectivity index (χ4v) is 4.50. The molecule has 25 heavy (non-hydrogen) atoms. The monoisotopic (exact) mass is 356 g/mol. The van der Waals surface area contributed by atoms with Crippen LogP contribution in [0.5, 0.6) is 0 Å². The van der Waals surface area contributed by atoms with Gasteiger partial charge < -0.3 is 5.32 Å². The molecule has 1 aliphatic heterocycles. The Bertz CT molecular complexity index is 882. The Hall–Kier alpha value is -2.11. The summed E-state index contributed by atoms with van der Waals surface area (Å²) >= 11 is 0.